The maximum Gasteiger partial charge on any atom is 0.0708 e. The van der Waals surface area contributed by atoms with Crippen molar-refractivity contribution in [2.24, 2.45) is 0 Å². The molecular weight excluding hydrogens is 182 g/mol. The highest BCUT2D eigenvalue weighted by molar-refractivity contribution is 5.83. The van der Waals surface area contributed by atoms with Crippen molar-refractivity contribution in [2.45, 2.75) is 33.6 Å². The number of aromatic nitrogens is 1. The van der Waals surface area contributed by atoms with E-state index in [4.69, 9.17) is 0 Å². The van der Waals surface area contributed by atoms with E-state index in [0.717, 1.165) is 17.6 Å². The van der Waals surface area contributed by atoms with E-state index in [1.807, 2.05) is 0 Å². The van der Waals surface area contributed by atoms with Gasteiger partial charge >= 0.3 is 0 Å². The van der Waals surface area contributed by atoms with Crippen LogP contribution in [0.2, 0.25) is 0 Å². The van der Waals surface area contributed by atoms with Gasteiger partial charge in [0.05, 0.1) is 5.52 Å². The van der Waals surface area contributed by atoms with Crippen LogP contribution in [-0.2, 0) is 6.42 Å². The van der Waals surface area contributed by atoms with Crippen molar-refractivity contribution in [2.75, 3.05) is 0 Å². The minimum Gasteiger partial charge on any atom is -0.253 e. The molecule has 15 heavy (non-hydrogen) atoms. The Labute approximate surface area is 91.2 Å². The van der Waals surface area contributed by atoms with Crippen LogP contribution >= 0.6 is 0 Å². The number of hydrogen-bond acceptors (Lipinski definition) is 1. The summed E-state index contributed by atoms with van der Waals surface area (Å²) in [5.41, 5.74) is 5.12. The fourth-order valence-electron chi connectivity index (χ4n) is 2.08. The maximum absolute atomic E-state index is 4.62. The third-order valence-corrected chi connectivity index (χ3v) is 3.01. The van der Waals surface area contributed by atoms with Crippen molar-refractivity contribution >= 4 is 10.9 Å². The molecule has 0 atom stereocenters. The first kappa shape index (κ1) is 10.2. The van der Waals surface area contributed by atoms with Crippen molar-refractivity contribution in [3.63, 3.8) is 0 Å². The van der Waals surface area contributed by atoms with Crippen LogP contribution in [0, 0.1) is 13.8 Å². The average Bonchev–Trinajstić information content (AvgIpc) is 2.25. The summed E-state index contributed by atoms with van der Waals surface area (Å²) in [6, 6.07) is 8.43. The van der Waals surface area contributed by atoms with Crippen LogP contribution in [0.25, 0.3) is 10.9 Å². The number of para-hydroxylation sites is 1. The van der Waals surface area contributed by atoms with E-state index in [1.54, 1.807) is 0 Å². The van der Waals surface area contributed by atoms with E-state index in [-0.39, 0.29) is 0 Å². The average molecular weight is 199 g/mol. The van der Waals surface area contributed by atoms with Crippen LogP contribution in [0.1, 0.15) is 30.2 Å². The van der Waals surface area contributed by atoms with Crippen molar-refractivity contribution < 1.29 is 0 Å². The van der Waals surface area contributed by atoms with Gasteiger partial charge in [0.1, 0.15) is 0 Å². The van der Waals surface area contributed by atoms with Gasteiger partial charge in [0.15, 0.2) is 0 Å². The largest absolute Gasteiger partial charge is 0.253 e. The van der Waals surface area contributed by atoms with Crippen molar-refractivity contribution in [1.29, 1.82) is 0 Å². The van der Waals surface area contributed by atoms with Crippen molar-refractivity contribution in [3.8, 4) is 0 Å². The van der Waals surface area contributed by atoms with Gasteiger partial charge in [-0.3, -0.25) is 4.98 Å². The number of benzene rings is 1. The number of nitrogens with zero attached hydrogens (tertiary/aromatic N) is 1. The van der Waals surface area contributed by atoms with Gasteiger partial charge in [-0.25, -0.2) is 0 Å². The van der Waals surface area contributed by atoms with Gasteiger partial charge in [-0.1, -0.05) is 31.5 Å². The standard InChI is InChI=1S/C14H17N/c1-4-7-12-10(2)11(3)15-14-9-6-5-8-13(12)14/h5-6,8-9H,4,7H2,1-3H3. The van der Waals surface area contributed by atoms with Crippen LogP contribution in [0.15, 0.2) is 24.3 Å². The molecule has 0 unspecified atom stereocenters. The summed E-state index contributed by atoms with van der Waals surface area (Å²) < 4.78 is 0. The Morgan fingerprint density at radius 3 is 2.60 bits per heavy atom. The molecule has 0 radical (unpaired) electrons. The second-order valence-corrected chi connectivity index (χ2v) is 4.07. The smallest absolute Gasteiger partial charge is 0.0708 e. The Balaban J connectivity index is 2.77. The van der Waals surface area contributed by atoms with Crippen LogP contribution in [0.4, 0.5) is 0 Å². The molecular formula is C14H17N. The van der Waals surface area contributed by atoms with Gasteiger partial charge in [0.25, 0.3) is 0 Å². The second-order valence-electron chi connectivity index (χ2n) is 4.07. The molecule has 0 bridgehead atoms. The molecule has 0 spiro atoms. The van der Waals surface area contributed by atoms with E-state index in [0.29, 0.717) is 0 Å². The lowest BCUT2D eigenvalue weighted by Crippen LogP contribution is -1.97. The Kier molecular flexibility index (Phi) is 2.72. The molecule has 2 rings (SSSR count). The molecule has 0 aliphatic rings. The first-order chi connectivity index (χ1) is 7.24. The number of fused-ring (bicyclic) bond motifs is 1. The fraction of sp³-hybridized carbons (Fsp3) is 0.357. The quantitative estimate of drug-likeness (QED) is 0.716. The number of pyridine rings is 1. The molecule has 2 aromatic rings. The Morgan fingerprint density at radius 1 is 1.13 bits per heavy atom. The Hall–Kier alpha value is -1.37. The molecule has 0 saturated heterocycles. The van der Waals surface area contributed by atoms with E-state index in [2.05, 4.69) is 50.0 Å². The highest BCUT2D eigenvalue weighted by Crippen LogP contribution is 2.23. The zero-order valence-electron chi connectivity index (χ0n) is 9.67. The maximum atomic E-state index is 4.62. The highest BCUT2D eigenvalue weighted by Gasteiger charge is 2.07. The van der Waals surface area contributed by atoms with Gasteiger partial charge in [-0.2, -0.15) is 0 Å². The summed E-state index contributed by atoms with van der Waals surface area (Å²) in [5.74, 6) is 0. The second kappa shape index (κ2) is 4.01. The van der Waals surface area contributed by atoms with Crippen molar-refractivity contribution in [1.82, 2.24) is 4.98 Å². The predicted molar refractivity (Wildman–Crippen MR) is 65.2 cm³/mol. The summed E-state index contributed by atoms with van der Waals surface area (Å²) in [6.45, 7) is 6.50. The first-order valence-electron chi connectivity index (χ1n) is 5.59. The molecule has 1 heteroatoms. The molecule has 78 valence electrons. The van der Waals surface area contributed by atoms with Gasteiger partial charge in [0, 0.05) is 11.1 Å². The lowest BCUT2D eigenvalue weighted by Gasteiger charge is -2.11. The van der Waals surface area contributed by atoms with Gasteiger partial charge in [-0.05, 0) is 37.5 Å². The highest BCUT2D eigenvalue weighted by atomic mass is 14.7. The SMILES string of the molecule is CCCc1c(C)c(C)nc2ccccc12. The number of rotatable bonds is 2. The number of hydrogen-bond donors (Lipinski definition) is 0. The summed E-state index contributed by atoms with van der Waals surface area (Å²) >= 11 is 0. The molecule has 0 amide bonds. The third kappa shape index (κ3) is 1.74. The zero-order valence-corrected chi connectivity index (χ0v) is 9.67. The van der Waals surface area contributed by atoms with Crippen LogP contribution in [0.5, 0.6) is 0 Å². The van der Waals surface area contributed by atoms with E-state index in [1.165, 1.54) is 22.9 Å². The van der Waals surface area contributed by atoms with Crippen molar-refractivity contribution in [3.05, 3.63) is 41.1 Å². The van der Waals surface area contributed by atoms with Gasteiger partial charge < -0.3 is 0 Å². The van der Waals surface area contributed by atoms with E-state index in [9.17, 15) is 0 Å². The Bertz CT molecular complexity index is 486. The molecule has 0 saturated carbocycles. The topological polar surface area (TPSA) is 12.9 Å². The molecule has 0 fully saturated rings. The minimum absolute atomic E-state index is 1.13. The molecule has 0 aliphatic carbocycles. The normalized spacial score (nSPS) is 10.9. The molecule has 0 N–H and O–H groups in total. The van der Waals surface area contributed by atoms with Gasteiger partial charge in [0.2, 0.25) is 0 Å². The molecule has 1 heterocycles. The van der Waals surface area contributed by atoms with Gasteiger partial charge in [-0.15, -0.1) is 0 Å². The summed E-state index contributed by atoms with van der Waals surface area (Å²) in [7, 11) is 0. The van der Waals surface area contributed by atoms with Crippen LogP contribution in [0.3, 0.4) is 0 Å². The fourth-order valence-corrected chi connectivity index (χ4v) is 2.08. The molecule has 1 aromatic heterocycles. The Morgan fingerprint density at radius 2 is 1.87 bits per heavy atom. The third-order valence-electron chi connectivity index (χ3n) is 3.01. The van der Waals surface area contributed by atoms with E-state index >= 15 is 0 Å². The van der Waals surface area contributed by atoms with Crippen LogP contribution in [-0.4, -0.2) is 4.98 Å². The molecule has 0 aliphatic heterocycles. The summed E-state index contributed by atoms with van der Waals surface area (Å²) in [5, 5.41) is 1.32. The lowest BCUT2D eigenvalue weighted by molar-refractivity contribution is 0.913. The summed E-state index contributed by atoms with van der Waals surface area (Å²) in [6.07, 6.45) is 2.34. The van der Waals surface area contributed by atoms with Crippen LogP contribution < -0.4 is 0 Å². The minimum atomic E-state index is 1.13. The monoisotopic (exact) mass is 199 g/mol. The first-order valence-corrected chi connectivity index (χ1v) is 5.59. The molecule has 1 aromatic carbocycles. The zero-order chi connectivity index (χ0) is 10.8. The van der Waals surface area contributed by atoms with E-state index < -0.39 is 0 Å². The lowest BCUT2D eigenvalue weighted by atomic mass is 9.98. The predicted octanol–water partition coefficient (Wildman–Crippen LogP) is 3.80. The molecule has 1 nitrogen and oxygen atoms in total. The summed E-state index contributed by atoms with van der Waals surface area (Å²) in [4.78, 5) is 4.62. The number of aryl methyl sites for hydroxylation is 2.